The number of hydrogen-bond donors (Lipinski definition) is 2. The van der Waals surface area contributed by atoms with Gasteiger partial charge in [-0.15, -0.1) is 0 Å². The van der Waals surface area contributed by atoms with Gasteiger partial charge in [-0.2, -0.15) is 0 Å². The van der Waals surface area contributed by atoms with Crippen molar-refractivity contribution in [3.05, 3.63) is 35.4 Å². The fourth-order valence-corrected chi connectivity index (χ4v) is 6.57. The molecule has 5 rings (SSSR count). The highest BCUT2D eigenvalue weighted by atomic mass is 15.3. The van der Waals surface area contributed by atoms with Crippen LogP contribution in [0.5, 0.6) is 0 Å². The summed E-state index contributed by atoms with van der Waals surface area (Å²) in [5, 5.41) is 7.34. The maximum Gasteiger partial charge on any atom is 0.0507 e. The molecule has 0 saturated carbocycles. The van der Waals surface area contributed by atoms with Crippen LogP contribution in [0.15, 0.2) is 24.3 Å². The molecule has 1 aromatic rings. The zero-order valence-electron chi connectivity index (χ0n) is 24.0. The number of nitrogens with zero attached hydrogens (tertiary/aromatic N) is 6. The summed E-state index contributed by atoms with van der Waals surface area (Å²) in [4.78, 5) is 15.9. The molecule has 0 radical (unpaired) electrons. The molecule has 2 N–H and O–H groups in total. The molecule has 214 valence electrons. The number of hydrogen-bond acceptors (Lipinski definition) is 8. The van der Waals surface area contributed by atoms with Crippen LogP contribution in [0.1, 0.15) is 36.8 Å². The van der Waals surface area contributed by atoms with E-state index >= 15 is 0 Å². The summed E-state index contributed by atoms with van der Waals surface area (Å²) in [7, 11) is 0. The van der Waals surface area contributed by atoms with Crippen molar-refractivity contribution in [3.8, 4) is 0 Å². The zero-order chi connectivity index (χ0) is 25.8. The smallest absolute Gasteiger partial charge is 0.0507 e. The van der Waals surface area contributed by atoms with Crippen molar-refractivity contribution in [3.63, 3.8) is 0 Å². The molecule has 0 amide bonds. The molecule has 4 saturated heterocycles. The predicted molar refractivity (Wildman–Crippen MR) is 157 cm³/mol. The lowest BCUT2D eigenvalue weighted by Gasteiger charge is -2.37. The van der Waals surface area contributed by atoms with Gasteiger partial charge in [0.05, 0.1) is 13.3 Å². The number of benzene rings is 1. The Morgan fingerprint density at radius 2 is 0.842 bits per heavy atom. The normalized spacial score (nSPS) is 31.8. The van der Waals surface area contributed by atoms with Gasteiger partial charge in [-0.3, -0.25) is 29.4 Å². The maximum absolute atomic E-state index is 3.67. The number of fused-ring (bicyclic) bond motifs is 4. The lowest BCUT2D eigenvalue weighted by Crippen LogP contribution is -2.49. The molecule has 0 aromatic heterocycles. The Morgan fingerprint density at radius 1 is 0.421 bits per heavy atom. The second-order valence-corrected chi connectivity index (χ2v) is 12.0. The Kier molecular flexibility index (Phi) is 11.7. The van der Waals surface area contributed by atoms with E-state index in [2.05, 4.69) is 64.3 Å². The number of nitrogens with one attached hydrogen (secondary N) is 2. The van der Waals surface area contributed by atoms with E-state index in [0.29, 0.717) is 0 Å². The van der Waals surface area contributed by atoms with E-state index in [1.165, 1.54) is 115 Å². The summed E-state index contributed by atoms with van der Waals surface area (Å²) in [5.41, 5.74) is 2.92. The molecule has 1 aromatic carbocycles. The highest BCUT2D eigenvalue weighted by Crippen LogP contribution is 2.13. The van der Waals surface area contributed by atoms with Gasteiger partial charge < -0.3 is 10.6 Å². The SMILES string of the molecule is c1cc(CN2CCCNCCN3CCCN(CC2)C3)ccc1CN1CCCNCCN2CCCN(CC1)C2. The van der Waals surface area contributed by atoms with Crippen molar-refractivity contribution < 1.29 is 0 Å². The van der Waals surface area contributed by atoms with Crippen LogP contribution in [0.2, 0.25) is 0 Å². The van der Waals surface area contributed by atoms with Crippen molar-refractivity contribution in [1.82, 2.24) is 40.0 Å². The van der Waals surface area contributed by atoms with E-state index in [1.54, 1.807) is 0 Å². The molecular formula is C30H54N8. The number of rotatable bonds is 4. The minimum atomic E-state index is 1.07. The van der Waals surface area contributed by atoms with Gasteiger partial charge in [0.15, 0.2) is 0 Å². The monoisotopic (exact) mass is 526 g/mol. The van der Waals surface area contributed by atoms with Crippen molar-refractivity contribution in [2.75, 3.05) is 118 Å². The van der Waals surface area contributed by atoms with Gasteiger partial charge in [0.25, 0.3) is 0 Å². The lowest BCUT2D eigenvalue weighted by atomic mass is 10.1. The molecular weight excluding hydrogens is 472 g/mol. The lowest BCUT2D eigenvalue weighted by molar-refractivity contribution is 0.0732. The third-order valence-electron chi connectivity index (χ3n) is 8.86. The van der Waals surface area contributed by atoms with Crippen LogP contribution in [-0.4, -0.2) is 147 Å². The molecule has 0 aliphatic carbocycles. The molecule has 4 atom stereocenters. The standard InChI is InChI=1S/C30H54N8/c1-9-31-11-19-35-15-3-17-37(27-35)23-21-33(13-1)25-29-5-7-30(8-6-29)26-34-14-2-10-32-12-20-36-16-4-18-38(28-36)24-22-34/h5-8,31-32H,1-4,9-28H2. The first-order valence-corrected chi connectivity index (χ1v) is 15.6. The molecule has 4 fully saturated rings. The van der Waals surface area contributed by atoms with Gasteiger partial charge >= 0.3 is 0 Å². The summed E-state index contributed by atoms with van der Waals surface area (Å²) in [6, 6.07) is 9.58. The van der Waals surface area contributed by atoms with Crippen LogP contribution in [0.4, 0.5) is 0 Å². The van der Waals surface area contributed by atoms with Gasteiger partial charge in [0.1, 0.15) is 0 Å². The molecule has 8 heteroatoms. The maximum atomic E-state index is 3.67. The average molecular weight is 527 g/mol. The van der Waals surface area contributed by atoms with E-state index in [-0.39, 0.29) is 0 Å². The summed E-state index contributed by atoms with van der Waals surface area (Å²) >= 11 is 0. The van der Waals surface area contributed by atoms with Crippen LogP contribution < -0.4 is 10.6 Å². The largest absolute Gasteiger partial charge is 0.315 e. The highest BCUT2D eigenvalue weighted by Gasteiger charge is 2.20. The average Bonchev–Trinajstić information content (AvgIpc) is 2.94. The third kappa shape index (κ3) is 9.52. The van der Waals surface area contributed by atoms with E-state index < -0.39 is 0 Å². The van der Waals surface area contributed by atoms with Crippen LogP contribution in [0.25, 0.3) is 0 Å². The Balaban J connectivity index is 1.12. The van der Waals surface area contributed by atoms with E-state index in [1.807, 2.05) is 0 Å². The fraction of sp³-hybridized carbons (Fsp3) is 0.800. The second-order valence-electron chi connectivity index (χ2n) is 12.0. The first-order valence-electron chi connectivity index (χ1n) is 15.6. The molecule has 38 heavy (non-hydrogen) atoms. The van der Waals surface area contributed by atoms with Crippen molar-refractivity contribution in [2.45, 2.75) is 38.8 Å². The van der Waals surface area contributed by atoms with Gasteiger partial charge in [-0.1, -0.05) is 24.3 Å². The highest BCUT2D eigenvalue weighted by molar-refractivity contribution is 5.22. The van der Waals surface area contributed by atoms with Crippen LogP contribution >= 0.6 is 0 Å². The van der Waals surface area contributed by atoms with E-state index in [4.69, 9.17) is 0 Å². The quantitative estimate of drug-likeness (QED) is 0.607. The summed E-state index contributed by atoms with van der Waals surface area (Å²) < 4.78 is 0. The summed E-state index contributed by atoms with van der Waals surface area (Å²) in [6.45, 7) is 23.5. The molecule has 4 aliphatic heterocycles. The molecule has 4 heterocycles. The topological polar surface area (TPSA) is 43.5 Å². The van der Waals surface area contributed by atoms with Crippen LogP contribution in [0.3, 0.4) is 0 Å². The van der Waals surface area contributed by atoms with Gasteiger partial charge in [0, 0.05) is 91.6 Å². The Hall–Kier alpha value is -1.10. The van der Waals surface area contributed by atoms with Crippen molar-refractivity contribution >= 4 is 0 Å². The van der Waals surface area contributed by atoms with E-state index in [9.17, 15) is 0 Å². The van der Waals surface area contributed by atoms with Gasteiger partial charge in [-0.25, -0.2) is 0 Å². The first-order chi connectivity index (χ1) is 18.8. The van der Waals surface area contributed by atoms with Crippen molar-refractivity contribution in [1.29, 1.82) is 0 Å². The Morgan fingerprint density at radius 3 is 1.29 bits per heavy atom. The zero-order valence-corrected chi connectivity index (χ0v) is 24.0. The molecule has 0 spiro atoms. The minimum Gasteiger partial charge on any atom is -0.315 e. The van der Waals surface area contributed by atoms with Crippen LogP contribution in [0, 0.1) is 0 Å². The van der Waals surface area contributed by atoms with Gasteiger partial charge in [0.2, 0.25) is 0 Å². The second kappa shape index (κ2) is 15.6. The van der Waals surface area contributed by atoms with E-state index in [0.717, 1.165) is 52.6 Å². The van der Waals surface area contributed by atoms with Crippen LogP contribution in [-0.2, 0) is 13.1 Å². The molecule has 4 bridgehead atoms. The fourth-order valence-electron chi connectivity index (χ4n) is 6.57. The first kappa shape index (κ1) is 28.4. The Bertz CT molecular complexity index is 724. The molecule has 4 aliphatic rings. The summed E-state index contributed by atoms with van der Waals surface area (Å²) in [6.07, 6.45) is 5.09. The summed E-state index contributed by atoms with van der Waals surface area (Å²) in [5.74, 6) is 0. The molecule has 4 unspecified atom stereocenters. The van der Waals surface area contributed by atoms with Crippen molar-refractivity contribution in [2.24, 2.45) is 0 Å². The van der Waals surface area contributed by atoms with Gasteiger partial charge in [-0.05, 0) is 63.0 Å². The minimum absolute atomic E-state index is 1.07. The Labute approximate surface area is 232 Å². The third-order valence-corrected chi connectivity index (χ3v) is 8.86. The molecule has 8 nitrogen and oxygen atoms in total. The predicted octanol–water partition coefficient (Wildman–Crippen LogP) is 1.21.